The number of hydrogen-bond donors (Lipinski definition) is 2. The first-order chi connectivity index (χ1) is 12.0. The van der Waals surface area contributed by atoms with E-state index in [9.17, 15) is 14.7 Å². The molecule has 0 aliphatic carbocycles. The summed E-state index contributed by atoms with van der Waals surface area (Å²) >= 11 is 7.16. The molecule has 126 valence electrons. The molecule has 0 bridgehead atoms. The molecule has 0 unspecified atom stereocenters. The van der Waals surface area contributed by atoms with Crippen LogP contribution in [0.15, 0.2) is 60.0 Å². The number of rotatable bonds is 5. The molecule has 3 aromatic rings. The molecule has 1 aromatic heterocycles. The second kappa shape index (κ2) is 7.51. The van der Waals surface area contributed by atoms with Crippen LogP contribution in [0.3, 0.4) is 0 Å². The van der Waals surface area contributed by atoms with Crippen LogP contribution >= 0.6 is 22.9 Å². The summed E-state index contributed by atoms with van der Waals surface area (Å²) in [6.07, 6.45) is 0.187. The van der Waals surface area contributed by atoms with Crippen molar-refractivity contribution in [1.82, 2.24) is 0 Å². The fourth-order valence-electron chi connectivity index (χ4n) is 2.45. The lowest BCUT2D eigenvalue weighted by Gasteiger charge is -2.06. The first-order valence-electron chi connectivity index (χ1n) is 7.49. The topological polar surface area (TPSA) is 66.4 Å². The number of amides is 1. The molecule has 25 heavy (non-hydrogen) atoms. The molecule has 0 aliphatic heterocycles. The minimum Gasteiger partial charge on any atom is -0.478 e. The molecule has 2 N–H and O–H groups in total. The highest BCUT2D eigenvalue weighted by Gasteiger charge is 2.21. The van der Waals surface area contributed by atoms with Crippen LogP contribution < -0.4 is 5.32 Å². The highest BCUT2D eigenvalue weighted by atomic mass is 35.5. The molecule has 0 fully saturated rings. The van der Waals surface area contributed by atoms with Crippen molar-refractivity contribution < 1.29 is 14.7 Å². The van der Waals surface area contributed by atoms with E-state index in [2.05, 4.69) is 5.32 Å². The Labute approximate surface area is 153 Å². The smallest absolute Gasteiger partial charge is 0.339 e. The number of carbonyl (C=O) groups excluding carboxylic acids is 1. The monoisotopic (exact) mass is 371 g/mol. The number of halogens is 1. The Morgan fingerprint density at radius 3 is 2.36 bits per heavy atom. The summed E-state index contributed by atoms with van der Waals surface area (Å²) in [6, 6.07) is 16.2. The predicted octanol–water partition coefficient (Wildman–Crippen LogP) is 4.95. The SMILES string of the molecule is O=C(Cc1ccccc1)Nc1csc(-c2ccc(Cl)cc2)c1C(=O)O. The standard InChI is InChI=1S/C19H14ClNO3S/c20-14-8-6-13(7-9-14)18-17(19(23)24)15(11-25-18)21-16(22)10-12-4-2-1-3-5-12/h1-9,11H,10H2,(H,21,22)(H,23,24). The third-order valence-corrected chi connectivity index (χ3v) is 4.87. The molecule has 3 rings (SSSR count). The molecular weight excluding hydrogens is 358 g/mol. The van der Waals surface area contributed by atoms with Crippen LogP contribution in [0, 0.1) is 0 Å². The fourth-order valence-corrected chi connectivity index (χ4v) is 3.58. The van der Waals surface area contributed by atoms with Crippen molar-refractivity contribution in [3.63, 3.8) is 0 Å². The van der Waals surface area contributed by atoms with Gasteiger partial charge in [-0.1, -0.05) is 54.1 Å². The van der Waals surface area contributed by atoms with Crippen LogP contribution in [0.5, 0.6) is 0 Å². The van der Waals surface area contributed by atoms with Crippen molar-refractivity contribution >= 4 is 40.5 Å². The van der Waals surface area contributed by atoms with Crippen LogP contribution in [0.1, 0.15) is 15.9 Å². The Balaban J connectivity index is 1.85. The maximum absolute atomic E-state index is 12.2. The minimum atomic E-state index is -1.08. The van der Waals surface area contributed by atoms with E-state index in [0.717, 1.165) is 11.1 Å². The van der Waals surface area contributed by atoms with Gasteiger partial charge in [-0.25, -0.2) is 4.79 Å². The van der Waals surface area contributed by atoms with Gasteiger partial charge in [0.15, 0.2) is 0 Å². The van der Waals surface area contributed by atoms with Crippen molar-refractivity contribution in [3.8, 4) is 10.4 Å². The van der Waals surface area contributed by atoms with E-state index in [0.29, 0.717) is 15.6 Å². The van der Waals surface area contributed by atoms with E-state index in [4.69, 9.17) is 11.6 Å². The molecule has 0 atom stereocenters. The highest BCUT2D eigenvalue weighted by Crippen LogP contribution is 2.36. The molecule has 1 heterocycles. The zero-order valence-electron chi connectivity index (χ0n) is 13.0. The van der Waals surface area contributed by atoms with Gasteiger partial charge in [0.25, 0.3) is 0 Å². The molecule has 2 aromatic carbocycles. The van der Waals surface area contributed by atoms with Gasteiger partial charge in [-0.3, -0.25) is 4.79 Å². The number of aromatic carboxylic acids is 1. The maximum atomic E-state index is 12.2. The van der Waals surface area contributed by atoms with Crippen LogP contribution in [0.2, 0.25) is 5.02 Å². The number of anilines is 1. The normalized spacial score (nSPS) is 10.4. The second-order valence-electron chi connectivity index (χ2n) is 5.38. The molecule has 0 radical (unpaired) electrons. The third kappa shape index (κ3) is 4.07. The first-order valence-corrected chi connectivity index (χ1v) is 8.75. The summed E-state index contributed by atoms with van der Waals surface area (Å²) in [6.45, 7) is 0. The molecular formula is C19H14ClNO3S. The second-order valence-corrected chi connectivity index (χ2v) is 6.69. The van der Waals surface area contributed by atoms with Gasteiger partial charge in [0.1, 0.15) is 5.56 Å². The predicted molar refractivity (Wildman–Crippen MR) is 101 cm³/mol. The van der Waals surface area contributed by atoms with E-state index < -0.39 is 5.97 Å². The largest absolute Gasteiger partial charge is 0.478 e. The third-order valence-electron chi connectivity index (χ3n) is 3.59. The van der Waals surface area contributed by atoms with Gasteiger partial charge in [-0.15, -0.1) is 11.3 Å². The number of hydrogen-bond acceptors (Lipinski definition) is 3. The van der Waals surface area contributed by atoms with Gasteiger partial charge >= 0.3 is 5.97 Å². The summed E-state index contributed by atoms with van der Waals surface area (Å²) in [5.74, 6) is -1.34. The van der Waals surface area contributed by atoms with Crippen molar-refractivity contribution in [3.05, 3.63) is 76.1 Å². The number of thiophene rings is 1. The number of carboxylic acid groups (broad SMARTS) is 1. The van der Waals surface area contributed by atoms with Crippen LogP contribution in [0.25, 0.3) is 10.4 Å². The van der Waals surface area contributed by atoms with Crippen LogP contribution in [-0.2, 0) is 11.2 Å². The molecule has 0 saturated carbocycles. The zero-order valence-corrected chi connectivity index (χ0v) is 14.6. The minimum absolute atomic E-state index is 0.0914. The summed E-state index contributed by atoms with van der Waals surface area (Å²) in [5, 5.41) is 14.5. The Kier molecular flexibility index (Phi) is 5.16. The molecule has 0 saturated heterocycles. The first kappa shape index (κ1) is 17.2. The number of carboxylic acids is 1. The molecule has 6 heteroatoms. The van der Waals surface area contributed by atoms with E-state index in [-0.39, 0.29) is 17.9 Å². The van der Waals surface area contributed by atoms with Crippen molar-refractivity contribution in [2.75, 3.05) is 5.32 Å². The van der Waals surface area contributed by atoms with Gasteiger partial charge in [-0.05, 0) is 23.3 Å². The molecule has 0 aliphatic rings. The van der Waals surface area contributed by atoms with Crippen molar-refractivity contribution in [2.45, 2.75) is 6.42 Å². The Morgan fingerprint density at radius 2 is 1.72 bits per heavy atom. The van der Waals surface area contributed by atoms with Crippen LogP contribution in [0.4, 0.5) is 5.69 Å². The lowest BCUT2D eigenvalue weighted by Crippen LogP contribution is -2.16. The summed E-state index contributed by atoms with van der Waals surface area (Å²) in [5.41, 5.74) is 2.01. The van der Waals surface area contributed by atoms with Crippen LogP contribution in [-0.4, -0.2) is 17.0 Å². The maximum Gasteiger partial charge on any atom is 0.339 e. The van der Waals surface area contributed by atoms with E-state index in [1.807, 2.05) is 30.3 Å². The Morgan fingerprint density at radius 1 is 1.04 bits per heavy atom. The Hall–Kier alpha value is -2.63. The highest BCUT2D eigenvalue weighted by molar-refractivity contribution is 7.14. The van der Waals surface area contributed by atoms with Crippen molar-refractivity contribution in [2.24, 2.45) is 0 Å². The molecule has 4 nitrogen and oxygen atoms in total. The Bertz CT molecular complexity index is 904. The van der Waals surface area contributed by atoms with Gasteiger partial charge in [0.05, 0.1) is 17.0 Å². The average molecular weight is 372 g/mol. The quantitative estimate of drug-likeness (QED) is 0.667. The summed E-state index contributed by atoms with van der Waals surface area (Å²) in [7, 11) is 0. The molecule has 0 spiro atoms. The van der Waals surface area contributed by atoms with Crippen molar-refractivity contribution in [1.29, 1.82) is 0 Å². The zero-order chi connectivity index (χ0) is 17.8. The van der Waals surface area contributed by atoms with Gasteiger partial charge in [0.2, 0.25) is 5.91 Å². The number of benzene rings is 2. The van der Waals surface area contributed by atoms with Gasteiger partial charge in [0, 0.05) is 10.4 Å². The lowest BCUT2D eigenvalue weighted by atomic mass is 10.1. The summed E-state index contributed by atoms with van der Waals surface area (Å²) < 4.78 is 0. The van der Waals surface area contributed by atoms with Gasteiger partial charge < -0.3 is 10.4 Å². The summed E-state index contributed by atoms with van der Waals surface area (Å²) in [4.78, 5) is 24.5. The molecule has 1 amide bonds. The van der Waals surface area contributed by atoms with E-state index in [1.54, 1.807) is 29.6 Å². The fraction of sp³-hybridized carbons (Fsp3) is 0.0526. The van der Waals surface area contributed by atoms with E-state index in [1.165, 1.54) is 11.3 Å². The number of nitrogens with one attached hydrogen (secondary N) is 1. The van der Waals surface area contributed by atoms with Gasteiger partial charge in [-0.2, -0.15) is 0 Å². The average Bonchev–Trinajstić information content (AvgIpc) is 3.00. The number of carbonyl (C=O) groups is 2. The van der Waals surface area contributed by atoms with E-state index >= 15 is 0 Å². The lowest BCUT2D eigenvalue weighted by molar-refractivity contribution is -0.115.